The number of alkyl halides is 1. The van der Waals surface area contributed by atoms with Gasteiger partial charge in [0.1, 0.15) is 5.82 Å². The highest BCUT2D eigenvalue weighted by atomic mass is 79.9. The predicted molar refractivity (Wildman–Crippen MR) is 81.1 cm³/mol. The minimum absolute atomic E-state index is 0.133. The fraction of sp³-hybridized carbons (Fsp3) is 0.600. The largest absolute Gasteiger partial charge is 0.377 e. The van der Waals surface area contributed by atoms with Gasteiger partial charge in [-0.2, -0.15) is 0 Å². The second-order valence-corrected chi connectivity index (χ2v) is 7.31. The van der Waals surface area contributed by atoms with Gasteiger partial charge in [-0.05, 0) is 55.4 Å². The molecule has 2 atom stereocenters. The normalized spacial score (nSPS) is 30.8. The average Bonchev–Trinajstić information content (AvgIpc) is 3.10. The first-order valence-corrected chi connectivity index (χ1v) is 8.67. The summed E-state index contributed by atoms with van der Waals surface area (Å²) in [5.41, 5.74) is 1.19. The minimum Gasteiger partial charge on any atom is -0.377 e. The van der Waals surface area contributed by atoms with Crippen LogP contribution in [0.15, 0.2) is 22.7 Å². The van der Waals surface area contributed by atoms with Crippen LogP contribution in [0.3, 0.4) is 0 Å². The fourth-order valence-corrected chi connectivity index (χ4v) is 4.55. The predicted octanol–water partition coefficient (Wildman–Crippen LogP) is 4.71. The minimum atomic E-state index is -0.170. The number of benzene rings is 1. The SMILES string of the molecule is Fc1cc(Br)cc(CC2(CBr)CCOC2C2CC2)c1. The zero-order valence-electron chi connectivity index (χ0n) is 10.7. The van der Waals surface area contributed by atoms with Gasteiger partial charge < -0.3 is 4.74 Å². The summed E-state index contributed by atoms with van der Waals surface area (Å²) < 4.78 is 20.3. The summed E-state index contributed by atoms with van der Waals surface area (Å²) in [6.07, 6.45) is 4.86. The molecule has 1 aromatic rings. The molecule has 1 aromatic carbocycles. The van der Waals surface area contributed by atoms with Gasteiger partial charge in [0.05, 0.1) is 6.10 Å². The molecule has 0 radical (unpaired) electrons. The molecule has 1 aliphatic heterocycles. The molecule has 4 heteroatoms. The molecule has 1 aliphatic carbocycles. The molecule has 2 aliphatic rings. The lowest BCUT2D eigenvalue weighted by molar-refractivity contribution is 0.0413. The third kappa shape index (κ3) is 2.91. The molecule has 0 N–H and O–H groups in total. The summed E-state index contributed by atoms with van der Waals surface area (Å²) in [6, 6.07) is 5.18. The van der Waals surface area contributed by atoms with E-state index in [9.17, 15) is 4.39 Å². The summed E-state index contributed by atoms with van der Waals surface area (Å²) in [5, 5.41) is 0.926. The van der Waals surface area contributed by atoms with Crippen molar-refractivity contribution in [3.05, 3.63) is 34.1 Å². The van der Waals surface area contributed by atoms with Crippen LogP contribution in [0.25, 0.3) is 0 Å². The first-order valence-electron chi connectivity index (χ1n) is 6.75. The molecule has 1 saturated heterocycles. The summed E-state index contributed by atoms with van der Waals surface area (Å²) in [5.74, 6) is 0.549. The van der Waals surface area contributed by atoms with Crippen molar-refractivity contribution in [1.29, 1.82) is 0 Å². The van der Waals surface area contributed by atoms with Crippen molar-refractivity contribution in [2.24, 2.45) is 11.3 Å². The van der Waals surface area contributed by atoms with Crippen LogP contribution >= 0.6 is 31.9 Å². The van der Waals surface area contributed by atoms with Gasteiger partial charge in [0.15, 0.2) is 0 Å². The molecule has 1 saturated carbocycles. The van der Waals surface area contributed by atoms with Gasteiger partial charge in [-0.3, -0.25) is 0 Å². The molecule has 1 heterocycles. The number of hydrogen-bond donors (Lipinski definition) is 0. The van der Waals surface area contributed by atoms with Crippen LogP contribution in [-0.4, -0.2) is 18.0 Å². The third-order valence-electron chi connectivity index (χ3n) is 4.30. The van der Waals surface area contributed by atoms with E-state index in [2.05, 4.69) is 31.9 Å². The molecule has 1 nitrogen and oxygen atoms in total. The summed E-state index contributed by atoms with van der Waals surface area (Å²) >= 11 is 7.05. The van der Waals surface area contributed by atoms with Crippen LogP contribution in [0.5, 0.6) is 0 Å². The van der Waals surface area contributed by atoms with Crippen molar-refractivity contribution in [2.75, 3.05) is 11.9 Å². The maximum Gasteiger partial charge on any atom is 0.124 e. The number of ether oxygens (including phenoxy) is 1. The third-order valence-corrected chi connectivity index (χ3v) is 5.87. The molecule has 3 rings (SSSR count). The molecule has 0 aromatic heterocycles. The van der Waals surface area contributed by atoms with E-state index in [-0.39, 0.29) is 11.2 Å². The highest BCUT2D eigenvalue weighted by Gasteiger charge is 2.50. The maximum absolute atomic E-state index is 13.5. The van der Waals surface area contributed by atoms with E-state index in [1.807, 2.05) is 6.07 Å². The molecule has 0 spiro atoms. The van der Waals surface area contributed by atoms with E-state index in [1.165, 1.54) is 18.9 Å². The topological polar surface area (TPSA) is 9.23 Å². The van der Waals surface area contributed by atoms with Gasteiger partial charge in [-0.1, -0.05) is 31.9 Å². The van der Waals surface area contributed by atoms with Crippen LogP contribution in [0.4, 0.5) is 4.39 Å². The van der Waals surface area contributed by atoms with E-state index in [0.29, 0.717) is 6.10 Å². The Morgan fingerprint density at radius 3 is 2.74 bits per heavy atom. The zero-order valence-corrected chi connectivity index (χ0v) is 13.8. The lowest BCUT2D eigenvalue weighted by Gasteiger charge is -2.33. The Balaban J connectivity index is 1.85. The molecule has 0 bridgehead atoms. The Hall–Kier alpha value is 0.0700. The molecular weight excluding hydrogens is 375 g/mol. The van der Waals surface area contributed by atoms with E-state index >= 15 is 0 Å². The second-order valence-electron chi connectivity index (χ2n) is 5.83. The fourth-order valence-electron chi connectivity index (χ4n) is 3.24. The molecule has 2 unspecified atom stereocenters. The van der Waals surface area contributed by atoms with Gasteiger partial charge in [0.25, 0.3) is 0 Å². The molecular formula is C15H17Br2FO. The first kappa shape index (κ1) is 14.0. The van der Waals surface area contributed by atoms with Crippen LogP contribution in [0.1, 0.15) is 24.8 Å². The van der Waals surface area contributed by atoms with Crippen molar-refractivity contribution < 1.29 is 9.13 Å². The second kappa shape index (κ2) is 5.45. The zero-order chi connectivity index (χ0) is 13.5. The Labute approximate surface area is 130 Å². The Bertz CT molecular complexity index is 455. The number of halogens is 3. The summed E-state index contributed by atoms with van der Waals surface area (Å²) in [7, 11) is 0. The lowest BCUT2D eigenvalue weighted by Crippen LogP contribution is -2.36. The highest BCUT2D eigenvalue weighted by Crippen LogP contribution is 2.50. The smallest absolute Gasteiger partial charge is 0.124 e. The van der Waals surface area contributed by atoms with Crippen molar-refractivity contribution in [1.82, 2.24) is 0 Å². The monoisotopic (exact) mass is 390 g/mol. The highest BCUT2D eigenvalue weighted by molar-refractivity contribution is 9.10. The van der Waals surface area contributed by atoms with Crippen molar-refractivity contribution in [3.8, 4) is 0 Å². The van der Waals surface area contributed by atoms with Crippen molar-refractivity contribution in [3.63, 3.8) is 0 Å². The van der Waals surface area contributed by atoms with E-state index in [1.54, 1.807) is 6.07 Å². The number of rotatable bonds is 4. The summed E-state index contributed by atoms with van der Waals surface area (Å²) in [6.45, 7) is 0.837. The summed E-state index contributed by atoms with van der Waals surface area (Å²) in [4.78, 5) is 0. The Morgan fingerprint density at radius 2 is 2.11 bits per heavy atom. The first-order chi connectivity index (χ1) is 9.13. The van der Waals surface area contributed by atoms with E-state index in [0.717, 1.165) is 40.7 Å². The van der Waals surface area contributed by atoms with Crippen LogP contribution in [0, 0.1) is 17.2 Å². The van der Waals surface area contributed by atoms with Crippen LogP contribution in [0.2, 0.25) is 0 Å². The lowest BCUT2D eigenvalue weighted by atomic mass is 9.76. The molecule has 19 heavy (non-hydrogen) atoms. The van der Waals surface area contributed by atoms with Gasteiger partial charge in [0.2, 0.25) is 0 Å². The van der Waals surface area contributed by atoms with E-state index < -0.39 is 0 Å². The van der Waals surface area contributed by atoms with Crippen LogP contribution in [-0.2, 0) is 11.2 Å². The Kier molecular flexibility index (Phi) is 4.03. The average molecular weight is 392 g/mol. The quantitative estimate of drug-likeness (QED) is 0.675. The molecule has 104 valence electrons. The van der Waals surface area contributed by atoms with Crippen molar-refractivity contribution >= 4 is 31.9 Å². The van der Waals surface area contributed by atoms with E-state index in [4.69, 9.17) is 4.74 Å². The van der Waals surface area contributed by atoms with Gasteiger partial charge in [0, 0.05) is 21.8 Å². The van der Waals surface area contributed by atoms with Crippen LogP contribution < -0.4 is 0 Å². The maximum atomic E-state index is 13.5. The molecule has 0 amide bonds. The molecule has 2 fully saturated rings. The number of hydrogen-bond acceptors (Lipinski definition) is 1. The van der Waals surface area contributed by atoms with Gasteiger partial charge in [-0.15, -0.1) is 0 Å². The standard InChI is InChI=1S/C15H17Br2FO/c16-9-15(3-4-19-14(15)11-1-2-11)8-10-5-12(17)7-13(18)6-10/h5-7,11,14H,1-4,8-9H2. The van der Waals surface area contributed by atoms with Gasteiger partial charge in [-0.25, -0.2) is 4.39 Å². The van der Waals surface area contributed by atoms with Crippen molar-refractivity contribution in [2.45, 2.75) is 31.8 Å². The Morgan fingerprint density at radius 1 is 1.32 bits per heavy atom. The van der Waals surface area contributed by atoms with Gasteiger partial charge >= 0.3 is 0 Å².